The molecule has 1 aromatic carbocycles. The summed E-state index contributed by atoms with van der Waals surface area (Å²) in [5, 5.41) is 6.32. The molecule has 0 atom stereocenters. The third kappa shape index (κ3) is 3.86. The SMILES string of the molecule is CCOC(=O)c1c(NC(=O)Cc2csc(-c3ccccc3)n2)sc2c1CCC2. The van der Waals surface area contributed by atoms with Crippen LogP contribution in [0.5, 0.6) is 0 Å². The van der Waals surface area contributed by atoms with E-state index in [1.165, 1.54) is 27.6 Å². The van der Waals surface area contributed by atoms with Crippen molar-refractivity contribution in [2.45, 2.75) is 32.6 Å². The van der Waals surface area contributed by atoms with E-state index in [9.17, 15) is 9.59 Å². The summed E-state index contributed by atoms with van der Waals surface area (Å²) in [6.07, 6.45) is 3.04. The monoisotopic (exact) mass is 412 g/mol. The number of thiophene rings is 1. The smallest absolute Gasteiger partial charge is 0.341 e. The summed E-state index contributed by atoms with van der Waals surface area (Å²) >= 11 is 3.02. The van der Waals surface area contributed by atoms with Gasteiger partial charge in [-0.1, -0.05) is 30.3 Å². The molecule has 3 aromatic rings. The van der Waals surface area contributed by atoms with Gasteiger partial charge in [-0.3, -0.25) is 4.79 Å². The number of hydrogen-bond donors (Lipinski definition) is 1. The van der Waals surface area contributed by atoms with E-state index in [4.69, 9.17) is 4.74 Å². The van der Waals surface area contributed by atoms with Gasteiger partial charge in [-0.15, -0.1) is 22.7 Å². The molecule has 0 spiro atoms. The molecule has 1 amide bonds. The maximum absolute atomic E-state index is 12.6. The Balaban J connectivity index is 1.49. The van der Waals surface area contributed by atoms with Crippen molar-refractivity contribution in [3.63, 3.8) is 0 Å². The Hall–Kier alpha value is -2.51. The van der Waals surface area contributed by atoms with Gasteiger partial charge in [0.2, 0.25) is 5.91 Å². The number of ether oxygens (including phenoxy) is 1. The molecule has 7 heteroatoms. The van der Waals surface area contributed by atoms with Crippen LogP contribution in [0.4, 0.5) is 5.00 Å². The van der Waals surface area contributed by atoms with Crippen molar-refractivity contribution in [3.05, 3.63) is 57.4 Å². The number of fused-ring (bicyclic) bond motifs is 1. The van der Waals surface area contributed by atoms with Crippen LogP contribution in [-0.2, 0) is 28.8 Å². The standard InChI is InChI=1S/C21H20N2O3S2/c1-2-26-21(25)18-15-9-6-10-16(15)28-20(18)23-17(24)11-14-12-27-19(22-14)13-7-4-3-5-8-13/h3-5,7-8,12H,2,6,9-11H2,1H3,(H,23,24). The lowest BCUT2D eigenvalue weighted by atomic mass is 10.1. The molecule has 0 saturated heterocycles. The fraction of sp³-hybridized carbons (Fsp3) is 0.286. The third-order valence-corrected chi connectivity index (χ3v) is 6.72. The van der Waals surface area contributed by atoms with Gasteiger partial charge in [0.25, 0.3) is 0 Å². The Morgan fingerprint density at radius 1 is 1.21 bits per heavy atom. The number of aromatic nitrogens is 1. The van der Waals surface area contributed by atoms with E-state index in [-0.39, 0.29) is 18.3 Å². The van der Waals surface area contributed by atoms with Crippen molar-refractivity contribution < 1.29 is 14.3 Å². The van der Waals surface area contributed by atoms with Gasteiger partial charge in [-0.2, -0.15) is 0 Å². The zero-order chi connectivity index (χ0) is 19.5. The highest BCUT2D eigenvalue weighted by molar-refractivity contribution is 7.17. The highest BCUT2D eigenvalue weighted by Gasteiger charge is 2.28. The third-order valence-electron chi connectivity index (χ3n) is 4.57. The minimum Gasteiger partial charge on any atom is -0.462 e. The highest BCUT2D eigenvalue weighted by Crippen LogP contribution is 2.39. The lowest BCUT2D eigenvalue weighted by Crippen LogP contribution is -2.17. The second-order valence-corrected chi connectivity index (χ2v) is 8.48. The van der Waals surface area contributed by atoms with E-state index in [1.54, 1.807) is 6.92 Å². The number of amides is 1. The Morgan fingerprint density at radius 3 is 2.82 bits per heavy atom. The number of benzene rings is 1. The molecule has 0 radical (unpaired) electrons. The van der Waals surface area contributed by atoms with Gasteiger partial charge in [0, 0.05) is 15.8 Å². The number of nitrogens with one attached hydrogen (secondary N) is 1. The first-order valence-corrected chi connectivity index (χ1v) is 11.0. The van der Waals surface area contributed by atoms with Gasteiger partial charge < -0.3 is 10.1 Å². The summed E-state index contributed by atoms with van der Waals surface area (Å²) in [5.41, 5.74) is 3.34. The van der Waals surface area contributed by atoms with Crippen LogP contribution in [0, 0.1) is 0 Å². The second-order valence-electron chi connectivity index (χ2n) is 6.52. The Morgan fingerprint density at radius 2 is 2.04 bits per heavy atom. The van der Waals surface area contributed by atoms with E-state index >= 15 is 0 Å². The summed E-state index contributed by atoms with van der Waals surface area (Å²) in [7, 11) is 0. The van der Waals surface area contributed by atoms with Crippen molar-refractivity contribution in [2.24, 2.45) is 0 Å². The minimum absolute atomic E-state index is 0.171. The zero-order valence-corrected chi connectivity index (χ0v) is 17.1. The van der Waals surface area contributed by atoms with E-state index < -0.39 is 0 Å². The summed E-state index contributed by atoms with van der Waals surface area (Å²) in [6.45, 7) is 2.10. The molecule has 1 aliphatic carbocycles. The average Bonchev–Trinajstić information content (AvgIpc) is 3.38. The van der Waals surface area contributed by atoms with Crippen molar-refractivity contribution >= 4 is 39.6 Å². The van der Waals surface area contributed by atoms with Crippen LogP contribution in [-0.4, -0.2) is 23.5 Å². The molecule has 1 aliphatic rings. The highest BCUT2D eigenvalue weighted by atomic mass is 32.1. The van der Waals surface area contributed by atoms with Gasteiger partial charge in [-0.05, 0) is 31.7 Å². The first-order chi connectivity index (χ1) is 13.7. The lowest BCUT2D eigenvalue weighted by molar-refractivity contribution is -0.115. The molecule has 144 valence electrons. The largest absolute Gasteiger partial charge is 0.462 e. The topological polar surface area (TPSA) is 68.3 Å². The molecular weight excluding hydrogens is 392 g/mol. The number of carbonyl (C=O) groups is 2. The Labute approximate surface area is 171 Å². The molecule has 0 bridgehead atoms. The summed E-state index contributed by atoms with van der Waals surface area (Å²) in [6, 6.07) is 9.90. The molecule has 0 unspecified atom stereocenters. The summed E-state index contributed by atoms with van der Waals surface area (Å²) in [5.74, 6) is -0.521. The lowest BCUT2D eigenvalue weighted by Gasteiger charge is -2.07. The average molecular weight is 413 g/mol. The van der Waals surface area contributed by atoms with Crippen molar-refractivity contribution in [1.82, 2.24) is 4.98 Å². The fourth-order valence-electron chi connectivity index (χ4n) is 3.35. The van der Waals surface area contributed by atoms with Crippen molar-refractivity contribution in [1.29, 1.82) is 0 Å². The minimum atomic E-state index is -0.350. The molecule has 5 nitrogen and oxygen atoms in total. The number of esters is 1. The molecular formula is C21H20N2O3S2. The predicted molar refractivity (Wildman–Crippen MR) is 112 cm³/mol. The predicted octanol–water partition coefficient (Wildman–Crippen LogP) is 4.72. The molecule has 2 aromatic heterocycles. The second kappa shape index (κ2) is 8.24. The molecule has 1 N–H and O–H groups in total. The van der Waals surface area contributed by atoms with Gasteiger partial charge in [-0.25, -0.2) is 9.78 Å². The van der Waals surface area contributed by atoms with Crippen LogP contribution in [0.15, 0.2) is 35.7 Å². The molecule has 4 rings (SSSR count). The van der Waals surface area contributed by atoms with E-state index in [0.29, 0.717) is 17.2 Å². The number of hydrogen-bond acceptors (Lipinski definition) is 6. The normalized spacial score (nSPS) is 12.6. The zero-order valence-electron chi connectivity index (χ0n) is 15.5. The number of thiazole rings is 1. The van der Waals surface area contributed by atoms with Crippen LogP contribution in [0.1, 0.15) is 39.8 Å². The van der Waals surface area contributed by atoms with Crippen molar-refractivity contribution in [3.8, 4) is 10.6 Å². The number of nitrogens with zero attached hydrogens (tertiary/aromatic N) is 1. The number of carbonyl (C=O) groups excluding carboxylic acids is 2. The summed E-state index contributed by atoms with van der Waals surface area (Å²) < 4.78 is 5.21. The maximum atomic E-state index is 12.6. The molecule has 28 heavy (non-hydrogen) atoms. The van der Waals surface area contributed by atoms with Crippen LogP contribution in [0.2, 0.25) is 0 Å². The Bertz CT molecular complexity index is 1010. The van der Waals surface area contributed by atoms with Gasteiger partial charge >= 0.3 is 5.97 Å². The molecule has 2 heterocycles. The number of aryl methyl sites for hydroxylation is 1. The molecule has 0 saturated carbocycles. The quantitative estimate of drug-likeness (QED) is 0.595. The maximum Gasteiger partial charge on any atom is 0.341 e. The van der Waals surface area contributed by atoms with Crippen LogP contribution in [0.3, 0.4) is 0 Å². The van der Waals surface area contributed by atoms with Gasteiger partial charge in [0.15, 0.2) is 0 Å². The van der Waals surface area contributed by atoms with Gasteiger partial charge in [0.05, 0.1) is 24.3 Å². The first-order valence-electron chi connectivity index (χ1n) is 9.27. The van der Waals surface area contributed by atoms with Crippen molar-refractivity contribution in [2.75, 3.05) is 11.9 Å². The number of rotatable bonds is 6. The fourth-order valence-corrected chi connectivity index (χ4v) is 5.47. The van der Waals surface area contributed by atoms with Gasteiger partial charge in [0.1, 0.15) is 10.0 Å². The first kappa shape index (κ1) is 18.8. The van der Waals surface area contributed by atoms with Crippen LogP contribution in [0.25, 0.3) is 10.6 Å². The molecule has 0 fully saturated rings. The number of anilines is 1. The van der Waals surface area contributed by atoms with Crippen LogP contribution >= 0.6 is 22.7 Å². The van der Waals surface area contributed by atoms with Crippen LogP contribution < -0.4 is 5.32 Å². The Kier molecular flexibility index (Phi) is 5.54. The summed E-state index contributed by atoms with van der Waals surface area (Å²) in [4.78, 5) is 30.8. The van der Waals surface area contributed by atoms with E-state index in [2.05, 4.69) is 10.3 Å². The molecule has 0 aliphatic heterocycles. The van der Waals surface area contributed by atoms with E-state index in [0.717, 1.165) is 41.1 Å². The van der Waals surface area contributed by atoms with E-state index in [1.807, 2.05) is 35.7 Å².